The molecule has 0 radical (unpaired) electrons. The molecule has 0 atom stereocenters. The quantitative estimate of drug-likeness (QED) is 0.407. The second kappa shape index (κ2) is 7.83. The Bertz CT molecular complexity index is 1290. The van der Waals surface area contributed by atoms with Gasteiger partial charge in [-0.2, -0.15) is 0 Å². The van der Waals surface area contributed by atoms with Crippen LogP contribution >= 0.6 is 0 Å². The SMILES string of the molecule is Cc1[nH]c2ccccc2c1C(=O)C(=O)N1CCC(Oc2cnc3ccccc3n2)CC1. The van der Waals surface area contributed by atoms with Gasteiger partial charge in [-0.15, -0.1) is 0 Å². The van der Waals surface area contributed by atoms with Gasteiger partial charge in [0.05, 0.1) is 22.8 Å². The fourth-order valence-corrected chi connectivity index (χ4v) is 4.16. The number of nitrogens with one attached hydrogen (secondary N) is 1. The lowest BCUT2D eigenvalue weighted by molar-refractivity contribution is -0.128. The maximum absolute atomic E-state index is 13.0. The Kier molecular flexibility index (Phi) is 4.86. The fraction of sp³-hybridized carbons (Fsp3) is 0.250. The van der Waals surface area contributed by atoms with Gasteiger partial charge in [0, 0.05) is 42.5 Å². The minimum absolute atomic E-state index is 0.0653. The number of piperidine rings is 1. The number of fused-ring (bicyclic) bond motifs is 2. The van der Waals surface area contributed by atoms with Crippen molar-refractivity contribution in [1.82, 2.24) is 19.9 Å². The predicted octanol–water partition coefficient (Wildman–Crippen LogP) is 3.67. The number of nitrogens with zero attached hydrogens (tertiary/aromatic N) is 3. The number of amides is 1. The Morgan fingerprint density at radius 1 is 1.03 bits per heavy atom. The summed E-state index contributed by atoms with van der Waals surface area (Å²) < 4.78 is 6.00. The molecule has 31 heavy (non-hydrogen) atoms. The van der Waals surface area contributed by atoms with Crippen LogP contribution in [-0.4, -0.2) is 50.7 Å². The summed E-state index contributed by atoms with van der Waals surface area (Å²) in [5, 5.41) is 0.784. The molecule has 0 aliphatic carbocycles. The summed E-state index contributed by atoms with van der Waals surface area (Å²) in [6.45, 7) is 2.76. The molecule has 7 nitrogen and oxygen atoms in total. The molecule has 3 heterocycles. The number of benzene rings is 2. The normalized spacial score (nSPS) is 14.8. The van der Waals surface area contributed by atoms with Crippen molar-refractivity contribution in [2.45, 2.75) is 25.9 Å². The standard InChI is InChI=1S/C24H22N4O3/c1-15-22(17-6-2-3-7-18(17)26-15)23(29)24(30)28-12-10-16(11-13-28)31-21-14-25-19-8-4-5-9-20(19)27-21/h2-9,14,16,26H,10-13H2,1H3. The predicted molar refractivity (Wildman–Crippen MR) is 117 cm³/mol. The number of hydrogen-bond acceptors (Lipinski definition) is 5. The highest BCUT2D eigenvalue weighted by atomic mass is 16.5. The molecule has 5 rings (SSSR count). The number of hydrogen-bond donors (Lipinski definition) is 1. The lowest BCUT2D eigenvalue weighted by Gasteiger charge is -2.31. The molecule has 1 saturated heterocycles. The smallest absolute Gasteiger partial charge is 0.295 e. The molecular weight excluding hydrogens is 392 g/mol. The van der Waals surface area contributed by atoms with E-state index in [9.17, 15) is 9.59 Å². The molecule has 0 bridgehead atoms. The molecule has 7 heteroatoms. The first kappa shape index (κ1) is 19.2. The average molecular weight is 414 g/mol. The van der Waals surface area contributed by atoms with Crippen LogP contribution in [-0.2, 0) is 4.79 Å². The lowest BCUT2D eigenvalue weighted by atomic mass is 10.0. The Hall–Kier alpha value is -3.74. The van der Waals surface area contributed by atoms with Gasteiger partial charge in [0.25, 0.3) is 11.7 Å². The summed E-state index contributed by atoms with van der Waals surface area (Å²) in [5.41, 5.74) is 3.64. The number of aryl methyl sites for hydroxylation is 1. The third-order valence-corrected chi connectivity index (χ3v) is 5.76. The highest BCUT2D eigenvalue weighted by molar-refractivity contribution is 6.45. The maximum Gasteiger partial charge on any atom is 0.295 e. The molecule has 156 valence electrons. The summed E-state index contributed by atoms with van der Waals surface area (Å²) in [7, 11) is 0. The van der Waals surface area contributed by atoms with E-state index >= 15 is 0 Å². The number of carbonyl (C=O) groups excluding carboxylic acids is 2. The minimum Gasteiger partial charge on any atom is -0.473 e. The van der Waals surface area contributed by atoms with E-state index in [0.717, 1.165) is 21.9 Å². The highest BCUT2D eigenvalue weighted by Crippen LogP contribution is 2.24. The van der Waals surface area contributed by atoms with Crippen LogP contribution in [0.25, 0.3) is 21.9 Å². The van der Waals surface area contributed by atoms with Crippen molar-refractivity contribution in [2.75, 3.05) is 13.1 Å². The van der Waals surface area contributed by atoms with Gasteiger partial charge in [-0.1, -0.05) is 30.3 Å². The van der Waals surface area contributed by atoms with E-state index in [1.54, 1.807) is 11.1 Å². The first-order chi connectivity index (χ1) is 15.1. The van der Waals surface area contributed by atoms with E-state index in [4.69, 9.17) is 4.74 Å². The van der Waals surface area contributed by atoms with Crippen LogP contribution in [0.4, 0.5) is 0 Å². The van der Waals surface area contributed by atoms with Crippen molar-refractivity contribution in [1.29, 1.82) is 0 Å². The van der Waals surface area contributed by atoms with Crippen LogP contribution in [0.3, 0.4) is 0 Å². The number of aromatic nitrogens is 3. The zero-order valence-electron chi connectivity index (χ0n) is 17.2. The summed E-state index contributed by atoms with van der Waals surface area (Å²) in [6.07, 6.45) is 2.84. The molecular formula is C24H22N4O3. The first-order valence-corrected chi connectivity index (χ1v) is 10.4. The molecule has 1 fully saturated rings. The molecule has 1 aliphatic heterocycles. The van der Waals surface area contributed by atoms with E-state index < -0.39 is 11.7 Å². The number of para-hydroxylation sites is 3. The van der Waals surface area contributed by atoms with Crippen molar-refractivity contribution in [3.05, 3.63) is 66.0 Å². The molecule has 1 N–H and O–H groups in total. The third-order valence-electron chi connectivity index (χ3n) is 5.76. The number of H-pyrrole nitrogens is 1. The Morgan fingerprint density at radius 3 is 2.55 bits per heavy atom. The van der Waals surface area contributed by atoms with E-state index in [-0.39, 0.29) is 6.10 Å². The maximum atomic E-state index is 13.0. The lowest BCUT2D eigenvalue weighted by Crippen LogP contribution is -2.44. The van der Waals surface area contributed by atoms with Crippen LogP contribution in [0.5, 0.6) is 5.88 Å². The van der Waals surface area contributed by atoms with Gasteiger partial charge >= 0.3 is 0 Å². The largest absolute Gasteiger partial charge is 0.473 e. The number of Topliss-reactive ketones (excluding diaryl/α,β-unsaturated/α-hetero) is 1. The van der Waals surface area contributed by atoms with Gasteiger partial charge in [-0.25, -0.2) is 9.97 Å². The number of aromatic amines is 1. The molecule has 2 aromatic carbocycles. The summed E-state index contributed by atoms with van der Waals surface area (Å²) >= 11 is 0. The second-order valence-corrected chi connectivity index (χ2v) is 7.81. The number of ether oxygens (including phenoxy) is 1. The van der Waals surface area contributed by atoms with Crippen LogP contribution in [0.15, 0.2) is 54.7 Å². The zero-order chi connectivity index (χ0) is 21.4. The summed E-state index contributed by atoms with van der Waals surface area (Å²) in [5.74, 6) is -0.444. The summed E-state index contributed by atoms with van der Waals surface area (Å²) in [4.78, 5) is 39.6. The molecule has 0 spiro atoms. The monoisotopic (exact) mass is 414 g/mol. The van der Waals surface area contributed by atoms with Crippen molar-refractivity contribution in [2.24, 2.45) is 0 Å². The molecule has 1 aliphatic rings. The van der Waals surface area contributed by atoms with E-state index in [0.29, 0.717) is 43.1 Å². The average Bonchev–Trinajstić information content (AvgIpc) is 3.14. The number of carbonyl (C=O) groups is 2. The van der Waals surface area contributed by atoms with E-state index in [2.05, 4.69) is 15.0 Å². The van der Waals surface area contributed by atoms with Crippen LogP contribution in [0.1, 0.15) is 28.9 Å². The van der Waals surface area contributed by atoms with Crippen LogP contribution in [0.2, 0.25) is 0 Å². The molecule has 1 amide bonds. The van der Waals surface area contributed by atoms with Gasteiger partial charge in [0.1, 0.15) is 6.10 Å². The topological polar surface area (TPSA) is 88.2 Å². The molecule has 2 aromatic heterocycles. The highest BCUT2D eigenvalue weighted by Gasteiger charge is 2.30. The minimum atomic E-state index is -0.463. The summed E-state index contributed by atoms with van der Waals surface area (Å²) in [6, 6.07) is 15.2. The number of ketones is 1. The van der Waals surface area contributed by atoms with Crippen LogP contribution < -0.4 is 4.74 Å². The van der Waals surface area contributed by atoms with E-state index in [1.165, 1.54) is 0 Å². The third kappa shape index (κ3) is 3.63. The Balaban J connectivity index is 1.25. The van der Waals surface area contributed by atoms with Gasteiger partial charge in [-0.05, 0) is 25.1 Å². The van der Waals surface area contributed by atoms with Gasteiger partial charge in [0.15, 0.2) is 0 Å². The second-order valence-electron chi connectivity index (χ2n) is 7.81. The first-order valence-electron chi connectivity index (χ1n) is 10.4. The van der Waals surface area contributed by atoms with Crippen molar-refractivity contribution in [3.8, 4) is 5.88 Å². The van der Waals surface area contributed by atoms with Gasteiger partial charge in [-0.3, -0.25) is 9.59 Å². The Morgan fingerprint density at radius 2 is 1.74 bits per heavy atom. The molecule has 0 saturated carbocycles. The van der Waals surface area contributed by atoms with Gasteiger partial charge < -0.3 is 14.6 Å². The Labute approximate surface area is 179 Å². The van der Waals surface area contributed by atoms with Crippen molar-refractivity contribution >= 4 is 33.6 Å². The fourth-order valence-electron chi connectivity index (χ4n) is 4.16. The van der Waals surface area contributed by atoms with E-state index in [1.807, 2.05) is 55.5 Å². The van der Waals surface area contributed by atoms with Crippen molar-refractivity contribution in [3.63, 3.8) is 0 Å². The molecule has 4 aromatic rings. The molecule has 0 unspecified atom stereocenters. The zero-order valence-corrected chi connectivity index (χ0v) is 17.2. The van der Waals surface area contributed by atoms with Gasteiger partial charge in [0.2, 0.25) is 5.88 Å². The van der Waals surface area contributed by atoms with Crippen LogP contribution in [0, 0.1) is 6.92 Å². The number of likely N-dealkylation sites (tertiary alicyclic amines) is 1. The van der Waals surface area contributed by atoms with Crippen molar-refractivity contribution < 1.29 is 14.3 Å². The number of rotatable bonds is 4.